The summed E-state index contributed by atoms with van der Waals surface area (Å²) in [5.74, 6) is -1.13. The van der Waals surface area contributed by atoms with Crippen molar-refractivity contribution in [1.82, 2.24) is 4.31 Å². The molecule has 1 N–H and O–H groups in total. The zero-order valence-electron chi connectivity index (χ0n) is 10.1. The van der Waals surface area contributed by atoms with E-state index < -0.39 is 27.8 Å². The fourth-order valence-electron chi connectivity index (χ4n) is 1.99. The monoisotopic (exact) mass is 265 g/mol. The molecule has 1 rings (SSSR count). The number of hydrogen-bond donors (Lipinski definition) is 1. The van der Waals surface area contributed by atoms with Crippen LogP contribution in [0.2, 0.25) is 0 Å². The Bertz CT molecular complexity index is 367. The predicted molar refractivity (Wildman–Crippen MR) is 62.2 cm³/mol. The van der Waals surface area contributed by atoms with E-state index in [-0.39, 0.29) is 12.6 Å². The normalized spacial score (nSPS) is 25.4. The van der Waals surface area contributed by atoms with Crippen LogP contribution in [0.4, 0.5) is 0 Å². The molecule has 1 heterocycles. The van der Waals surface area contributed by atoms with Crippen LogP contribution in [0.5, 0.6) is 0 Å². The van der Waals surface area contributed by atoms with Crippen molar-refractivity contribution in [2.45, 2.75) is 38.0 Å². The Balaban J connectivity index is 2.87. The number of nitrogens with zero attached hydrogens (tertiary/aromatic N) is 1. The fourth-order valence-corrected chi connectivity index (χ4v) is 4.06. The van der Waals surface area contributed by atoms with Gasteiger partial charge in [0.1, 0.15) is 11.8 Å². The number of sulfonamides is 1. The summed E-state index contributed by atoms with van der Waals surface area (Å²) in [7, 11) is -3.58. The van der Waals surface area contributed by atoms with E-state index in [4.69, 9.17) is 9.84 Å². The number of rotatable bonds is 6. The molecule has 0 aromatic heterocycles. The van der Waals surface area contributed by atoms with Crippen LogP contribution in [0.3, 0.4) is 0 Å². The summed E-state index contributed by atoms with van der Waals surface area (Å²) in [5, 5.41) is 8.13. The topological polar surface area (TPSA) is 83.9 Å². The predicted octanol–water partition coefficient (Wildman–Crippen LogP) is 0.290. The van der Waals surface area contributed by atoms with Crippen molar-refractivity contribution in [2.24, 2.45) is 0 Å². The molecule has 0 bridgehead atoms. The molecular weight excluding hydrogens is 246 g/mol. The first-order valence-corrected chi connectivity index (χ1v) is 7.22. The summed E-state index contributed by atoms with van der Waals surface area (Å²) in [6, 6.07) is 0. The van der Waals surface area contributed by atoms with Gasteiger partial charge in [-0.15, -0.1) is 0 Å². The van der Waals surface area contributed by atoms with Gasteiger partial charge in [-0.25, -0.2) is 8.42 Å². The number of ether oxygens (including phenoxy) is 1. The molecule has 17 heavy (non-hydrogen) atoms. The van der Waals surface area contributed by atoms with Crippen molar-refractivity contribution in [1.29, 1.82) is 0 Å². The molecule has 100 valence electrons. The van der Waals surface area contributed by atoms with Crippen LogP contribution in [0.25, 0.3) is 0 Å². The molecule has 1 fully saturated rings. The number of hydrogen-bond acceptors (Lipinski definition) is 4. The summed E-state index contributed by atoms with van der Waals surface area (Å²) < 4.78 is 30.8. The third-order valence-corrected chi connectivity index (χ3v) is 5.25. The first-order chi connectivity index (χ1) is 7.89. The van der Waals surface area contributed by atoms with E-state index in [1.807, 2.05) is 6.92 Å². The number of carboxylic acids is 1. The first kappa shape index (κ1) is 14.4. The first-order valence-electron chi connectivity index (χ1n) is 5.72. The highest BCUT2D eigenvalue weighted by Crippen LogP contribution is 2.23. The van der Waals surface area contributed by atoms with Gasteiger partial charge >= 0.3 is 5.97 Å². The van der Waals surface area contributed by atoms with E-state index in [2.05, 4.69) is 0 Å². The molecule has 7 heteroatoms. The third-order valence-electron chi connectivity index (χ3n) is 2.83. The Kier molecular flexibility index (Phi) is 4.91. The molecule has 6 nitrogen and oxygen atoms in total. The van der Waals surface area contributed by atoms with Gasteiger partial charge in [0.15, 0.2) is 0 Å². The Morgan fingerprint density at radius 1 is 1.53 bits per heavy atom. The molecule has 0 amide bonds. The Morgan fingerprint density at radius 3 is 2.59 bits per heavy atom. The minimum Gasteiger partial charge on any atom is -0.480 e. The lowest BCUT2D eigenvalue weighted by Gasteiger charge is -2.25. The number of carboxylic acid groups (broad SMARTS) is 1. The average molecular weight is 265 g/mol. The van der Waals surface area contributed by atoms with E-state index in [9.17, 15) is 13.2 Å². The van der Waals surface area contributed by atoms with Gasteiger partial charge in [-0.05, 0) is 19.8 Å². The largest absolute Gasteiger partial charge is 0.480 e. The van der Waals surface area contributed by atoms with Crippen molar-refractivity contribution in [2.75, 3.05) is 19.7 Å². The molecule has 0 radical (unpaired) electrons. The molecule has 0 aromatic carbocycles. The second kappa shape index (κ2) is 5.79. The third kappa shape index (κ3) is 3.40. The van der Waals surface area contributed by atoms with Gasteiger partial charge in [0.25, 0.3) is 0 Å². The number of aliphatic carboxylic acids is 1. The van der Waals surface area contributed by atoms with E-state index in [1.165, 1.54) is 0 Å². The molecule has 1 aliphatic heterocycles. The standard InChI is InChI=1S/C10H19NO5S/c1-3-5-11(7-10(12)13)17(14,15)9-4-6-16-8(9)2/h8-9H,3-7H2,1-2H3,(H,12,13). The SMILES string of the molecule is CCCN(CC(=O)O)S(=O)(=O)C1CCOC1C. The van der Waals surface area contributed by atoms with Crippen LogP contribution in [0.1, 0.15) is 26.7 Å². The van der Waals surface area contributed by atoms with Gasteiger partial charge in [-0.2, -0.15) is 4.31 Å². The van der Waals surface area contributed by atoms with Crippen LogP contribution in [-0.4, -0.2) is 54.8 Å². The van der Waals surface area contributed by atoms with Gasteiger partial charge in [0.2, 0.25) is 10.0 Å². The maximum absolute atomic E-state index is 12.3. The molecule has 0 aromatic rings. The van der Waals surface area contributed by atoms with Gasteiger partial charge < -0.3 is 9.84 Å². The van der Waals surface area contributed by atoms with Crippen molar-refractivity contribution in [3.8, 4) is 0 Å². The quantitative estimate of drug-likeness (QED) is 0.746. The second-order valence-electron chi connectivity index (χ2n) is 4.18. The van der Waals surface area contributed by atoms with Crippen molar-refractivity contribution >= 4 is 16.0 Å². The molecule has 0 spiro atoms. The van der Waals surface area contributed by atoms with Crippen LogP contribution < -0.4 is 0 Å². The molecule has 0 aliphatic carbocycles. The van der Waals surface area contributed by atoms with Gasteiger partial charge in [-0.3, -0.25) is 4.79 Å². The highest BCUT2D eigenvalue weighted by molar-refractivity contribution is 7.89. The van der Waals surface area contributed by atoms with Crippen LogP contribution in [0, 0.1) is 0 Å². The molecule has 0 saturated carbocycles. The summed E-state index contributed by atoms with van der Waals surface area (Å²) >= 11 is 0. The number of carbonyl (C=O) groups is 1. The lowest BCUT2D eigenvalue weighted by molar-refractivity contribution is -0.137. The molecule has 1 aliphatic rings. The van der Waals surface area contributed by atoms with Gasteiger partial charge in [0.05, 0.1) is 6.10 Å². The lowest BCUT2D eigenvalue weighted by atomic mass is 10.3. The van der Waals surface area contributed by atoms with E-state index in [0.29, 0.717) is 19.4 Å². The van der Waals surface area contributed by atoms with Gasteiger partial charge in [0, 0.05) is 13.2 Å². The Hall–Kier alpha value is -0.660. The van der Waals surface area contributed by atoms with E-state index >= 15 is 0 Å². The lowest BCUT2D eigenvalue weighted by Crippen LogP contribution is -2.44. The zero-order valence-corrected chi connectivity index (χ0v) is 10.9. The van der Waals surface area contributed by atoms with E-state index in [0.717, 1.165) is 4.31 Å². The smallest absolute Gasteiger partial charge is 0.318 e. The average Bonchev–Trinajstić information content (AvgIpc) is 2.63. The summed E-state index contributed by atoms with van der Waals surface area (Å²) in [6.07, 6.45) is 0.658. The van der Waals surface area contributed by atoms with Crippen LogP contribution in [0.15, 0.2) is 0 Å². The molecule has 1 saturated heterocycles. The van der Waals surface area contributed by atoms with Crippen molar-refractivity contribution in [3.05, 3.63) is 0 Å². The maximum Gasteiger partial charge on any atom is 0.318 e. The summed E-state index contributed by atoms with van der Waals surface area (Å²) in [4.78, 5) is 10.7. The zero-order chi connectivity index (χ0) is 13.1. The van der Waals surface area contributed by atoms with Gasteiger partial charge in [-0.1, -0.05) is 6.92 Å². The van der Waals surface area contributed by atoms with E-state index in [1.54, 1.807) is 6.92 Å². The highest BCUT2D eigenvalue weighted by Gasteiger charge is 2.39. The Labute approximate surface area is 102 Å². The summed E-state index contributed by atoms with van der Waals surface area (Å²) in [5.41, 5.74) is 0. The van der Waals surface area contributed by atoms with Crippen LogP contribution in [-0.2, 0) is 19.6 Å². The second-order valence-corrected chi connectivity index (χ2v) is 6.33. The highest BCUT2D eigenvalue weighted by atomic mass is 32.2. The van der Waals surface area contributed by atoms with Crippen LogP contribution >= 0.6 is 0 Å². The molecule has 2 unspecified atom stereocenters. The summed E-state index contributed by atoms with van der Waals surface area (Å²) in [6.45, 7) is 3.70. The minimum absolute atomic E-state index is 0.234. The fraction of sp³-hybridized carbons (Fsp3) is 0.900. The maximum atomic E-state index is 12.3. The molecular formula is C10H19NO5S. The minimum atomic E-state index is -3.58. The molecule has 2 atom stereocenters. The Morgan fingerprint density at radius 2 is 2.18 bits per heavy atom. The van der Waals surface area contributed by atoms with Crippen molar-refractivity contribution < 1.29 is 23.1 Å². The van der Waals surface area contributed by atoms with Crippen molar-refractivity contribution in [3.63, 3.8) is 0 Å².